The molecule has 202 valence electrons. The molecular formula is C32H34Cl2N4O. The molecule has 39 heavy (non-hydrogen) atoms. The van der Waals surface area contributed by atoms with Crippen molar-refractivity contribution in [1.82, 2.24) is 9.80 Å². The summed E-state index contributed by atoms with van der Waals surface area (Å²) < 4.78 is 0. The molecule has 0 aliphatic carbocycles. The van der Waals surface area contributed by atoms with Crippen molar-refractivity contribution in [1.29, 1.82) is 5.26 Å². The molecule has 0 amide bonds. The minimum Gasteiger partial charge on any atom is -0.384 e. The standard InChI is InChI=1S/C32H34Cl2N4O/c1-23(37-15-3-4-16-37)25-6-10-27(11-7-25)32(2,39)22-36-17-18-38(30-14-5-24(20-35)19-29(30)34)31(21-36)26-8-12-28(33)13-9-26/h5-14,19,31,39H,1,3-4,15-18,21-22H2,2H3/t31-,32+/m0/s1. The Balaban J connectivity index is 1.34. The molecule has 5 nitrogen and oxygen atoms in total. The summed E-state index contributed by atoms with van der Waals surface area (Å²) >= 11 is 12.8. The van der Waals surface area contributed by atoms with Crippen molar-refractivity contribution >= 4 is 34.6 Å². The summed E-state index contributed by atoms with van der Waals surface area (Å²) in [6.45, 7) is 11.0. The Morgan fingerprint density at radius 1 is 1.00 bits per heavy atom. The van der Waals surface area contributed by atoms with Crippen LogP contribution in [-0.4, -0.2) is 54.2 Å². The van der Waals surface area contributed by atoms with Crippen LogP contribution in [0.3, 0.4) is 0 Å². The van der Waals surface area contributed by atoms with E-state index in [-0.39, 0.29) is 6.04 Å². The Bertz CT molecular complexity index is 1360. The van der Waals surface area contributed by atoms with E-state index in [0.717, 1.165) is 54.3 Å². The van der Waals surface area contributed by atoms with Crippen LogP contribution in [0, 0.1) is 11.3 Å². The van der Waals surface area contributed by atoms with Gasteiger partial charge in [0.15, 0.2) is 0 Å². The van der Waals surface area contributed by atoms with Crippen LogP contribution in [0.15, 0.2) is 73.3 Å². The largest absolute Gasteiger partial charge is 0.384 e. The van der Waals surface area contributed by atoms with Crippen molar-refractivity contribution in [3.8, 4) is 6.07 Å². The van der Waals surface area contributed by atoms with Crippen molar-refractivity contribution in [2.75, 3.05) is 44.2 Å². The fourth-order valence-electron chi connectivity index (χ4n) is 5.77. The van der Waals surface area contributed by atoms with Crippen LogP contribution in [0.25, 0.3) is 5.70 Å². The maximum Gasteiger partial charge on any atom is 0.0994 e. The maximum atomic E-state index is 11.6. The first-order valence-electron chi connectivity index (χ1n) is 13.5. The molecule has 3 aromatic rings. The number of aliphatic hydroxyl groups is 1. The van der Waals surface area contributed by atoms with Crippen molar-refractivity contribution in [3.05, 3.63) is 106 Å². The highest BCUT2D eigenvalue weighted by Crippen LogP contribution is 2.37. The molecule has 2 heterocycles. The number of rotatable bonds is 7. The number of benzene rings is 3. The van der Waals surface area contributed by atoms with Gasteiger partial charge < -0.3 is 14.9 Å². The van der Waals surface area contributed by atoms with E-state index in [1.165, 1.54) is 12.8 Å². The molecule has 7 heteroatoms. The zero-order chi connectivity index (χ0) is 27.6. The van der Waals surface area contributed by atoms with Crippen molar-refractivity contribution in [3.63, 3.8) is 0 Å². The number of hydrogen-bond donors (Lipinski definition) is 1. The average molecular weight is 562 g/mol. The van der Waals surface area contributed by atoms with Crippen LogP contribution in [0.2, 0.25) is 10.0 Å². The van der Waals surface area contributed by atoms with Crippen LogP contribution in [0.4, 0.5) is 5.69 Å². The molecule has 0 aromatic heterocycles. The van der Waals surface area contributed by atoms with Gasteiger partial charge in [-0.2, -0.15) is 5.26 Å². The normalized spacial score (nSPS) is 19.5. The fraction of sp³-hybridized carbons (Fsp3) is 0.344. The van der Waals surface area contributed by atoms with E-state index in [9.17, 15) is 10.4 Å². The highest BCUT2D eigenvalue weighted by atomic mass is 35.5. The van der Waals surface area contributed by atoms with E-state index in [0.29, 0.717) is 28.7 Å². The molecule has 3 aromatic carbocycles. The van der Waals surface area contributed by atoms with Gasteiger partial charge in [-0.25, -0.2) is 0 Å². The number of nitrogens with zero attached hydrogens (tertiary/aromatic N) is 4. The van der Waals surface area contributed by atoms with Gasteiger partial charge >= 0.3 is 0 Å². The van der Waals surface area contributed by atoms with Gasteiger partial charge in [0.05, 0.1) is 34.0 Å². The zero-order valence-corrected chi connectivity index (χ0v) is 23.8. The summed E-state index contributed by atoms with van der Waals surface area (Å²) in [6.07, 6.45) is 2.43. The first kappa shape index (κ1) is 27.6. The molecule has 0 saturated carbocycles. The first-order valence-corrected chi connectivity index (χ1v) is 14.2. The molecule has 0 unspecified atom stereocenters. The number of hydrogen-bond acceptors (Lipinski definition) is 5. The van der Waals surface area contributed by atoms with E-state index in [1.54, 1.807) is 12.1 Å². The summed E-state index contributed by atoms with van der Waals surface area (Å²) in [5.41, 5.74) is 4.59. The van der Waals surface area contributed by atoms with Gasteiger partial charge in [0, 0.05) is 50.0 Å². The van der Waals surface area contributed by atoms with Crippen LogP contribution < -0.4 is 4.90 Å². The minimum absolute atomic E-state index is 0.00316. The summed E-state index contributed by atoms with van der Waals surface area (Å²) in [5, 5.41) is 22.1. The smallest absolute Gasteiger partial charge is 0.0994 e. The molecule has 2 saturated heterocycles. The maximum absolute atomic E-state index is 11.6. The highest BCUT2D eigenvalue weighted by molar-refractivity contribution is 6.33. The topological polar surface area (TPSA) is 53.7 Å². The third-order valence-corrected chi connectivity index (χ3v) is 8.52. The predicted molar refractivity (Wildman–Crippen MR) is 160 cm³/mol. The van der Waals surface area contributed by atoms with Crippen molar-refractivity contribution < 1.29 is 5.11 Å². The second-order valence-corrected chi connectivity index (χ2v) is 11.6. The minimum atomic E-state index is -1.02. The van der Waals surface area contributed by atoms with Gasteiger partial charge in [-0.1, -0.05) is 66.2 Å². The SMILES string of the molecule is C=C(c1ccc([C@](C)(O)CN2CCN(c3ccc(C#N)cc3Cl)[C@H](c3ccc(Cl)cc3)C2)cc1)N1CCCC1. The molecule has 0 spiro atoms. The van der Waals surface area contributed by atoms with Crippen LogP contribution in [0.5, 0.6) is 0 Å². The van der Waals surface area contributed by atoms with E-state index < -0.39 is 5.60 Å². The lowest BCUT2D eigenvalue weighted by molar-refractivity contribution is 0.0103. The van der Waals surface area contributed by atoms with E-state index in [2.05, 4.69) is 39.5 Å². The Labute approximate surface area is 241 Å². The molecule has 5 rings (SSSR count). The molecule has 2 aliphatic heterocycles. The lowest BCUT2D eigenvalue weighted by atomic mass is 9.92. The van der Waals surface area contributed by atoms with Crippen molar-refractivity contribution in [2.45, 2.75) is 31.4 Å². The number of halogens is 2. The third kappa shape index (κ3) is 6.10. The van der Waals surface area contributed by atoms with Gasteiger partial charge in [-0.05, 0) is 66.8 Å². The molecule has 0 bridgehead atoms. The lowest BCUT2D eigenvalue weighted by Crippen LogP contribution is -2.52. The molecule has 1 N–H and O–H groups in total. The van der Waals surface area contributed by atoms with Gasteiger partial charge in [-0.15, -0.1) is 0 Å². The quantitative estimate of drug-likeness (QED) is 0.348. The Morgan fingerprint density at radius 3 is 2.33 bits per heavy atom. The Kier molecular flexibility index (Phi) is 8.21. The second-order valence-electron chi connectivity index (χ2n) is 10.8. The van der Waals surface area contributed by atoms with E-state index >= 15 is 0 Å². The Hall–Kier alpha value is -3.01. The number of piperazine rings is 1. The van der Waals surface area contributed by atoms with Gasteiger partial charge in [0.2, 0.25) is 0 Å². The molecule has 0 radical (unpaired) electrons. The number of anilines is 1. The second kappa shape index (κ2) is 11.6. The third-order valence-electron chi connectivity index (χ3n) is 7.96. The zero-order valence-electron chi connectivity index (χ0n) is 22.3. The molecular weight excluding hydrogens is 527 g/mol. The summed E-state index contributed by atoms with van der Waals surface area (Å²) in [4.78, 5) is 6.94. The lowest BCUT2D eigenvalue weighted by Gasteiger charge is -2.45. The first-order chi connectivity index (χ1) is 18.7. The van der Waals surface area contributed by atoms with E-state index in [1.807, 2.05) is 49.4 Å². The van der Waals surface area contributed by atoms with Gasteiger partial charge in [-0.3, -0.25) is 4.90 Å². The van der Waals surface area contributed by atoms with E-state index in [4.69, 9.17) is 23.2 Å². The molecule has 2 aliphatic rings. The summed E-state index contributed by atoms with van der Waals surface area (Å²) in [7, 11) is 0. The summed E-state index contributed by atoms with van der Waals surface area (Å²) in [5.74, 6) is 0. The number of nitriles is 1. The molecule has 2 atom stereocenters. The van der Waals surface area contributed by atoms with Gasteiger partial charge in [0.25, 0.3) is 0 Å². The van der Waals surface area contributed by atoms with Crippen LogP contribution in [-0.2, 0) is 5.60 Å². The number of β-amino-alcohol motifs (C(OH)–C–C–N with tert-alkyl or cyclic N) is 1. The predicted octanol–water partition coefficient (Wildman–Crippen LogP) is 6.70. The Morgan fingerprint density at radius 2 is 1.69 bits per heavy atom. The average Bonchev–Trinajstić information content (AvgIpc) is 3.48. The fourth-order valence-corrected chi connectivity index (χ4v) is 6.18. The summed E-state index contributed by atoms with van der Waals surface area (Å²) in [6, 6.07) is 23.7. The van der Waals surface area contributed by atoms with Crippen molar-refractivity contribution in [2.24, 2.45) is 0 Å². The van der Waals surface area contributed by atoms with Gasteiger partial charge in [0.1, 0.15) is 0 Å². The van der Waals surface area contributed by atoms with Crippen LogP contribution in [0.1, 0.15) is 48.1 Å². The monoisotopic (exact) mass is 560 g/mol. The molecule has 2 fully saturated rings. The van der Waals surface area contributed by atoms with Crippen LogP contribution >= 0.6 is 23.2 Å². The highest BCUT2D eigenvalue weighted by Gasteiger charge is 2.34. The number of likely N-dealkylation sites (tertiary alicyclic amines) is 1.